The molecule has 11 heteroatoms. The van der Waals surface area contributed by atoms with Crippen LogP contribution in [0.25, 0.3) is 27.2 Å². The van der Waals surface area contributed by atoms with Crippen LogP contribution < -0.4 is 4.74 Å². The molecule has 5 rings (SSSR count). The number of hydrogen-bond donors (Lipinski definition) is 1. The van der Waals surface area contributed by atoms with Crippen LogP contribution in [0.5, 0.6) is 5.75 Å². The molecule has 0 amide bonds. The molecule has 2 aromatic carbocycles. The SMILES string of the molecule is C[C@@H](Oc1cc(-n2cnc3cc(-c4ccnc(Cl)c4)ccc32)sc1C(=O)O)c1ccccc1C(F)(F)F. The molecule has 0 radical (unpaired) electrons. The first-order chi connectivity index (χ1) is 17.6. The average Bonchev–Trinajstić information content (AvgIpc) is 3.47. The molecule has 0 aliphatic heterocycles. The number of pyridine rings is 1. The molecule has 0 aliphatic carbocycles. The largest absolute Gasteiger partial charge is 0.484 e. The van der Waals surface area contributed by atoms with Gasteiger partial charge in [0.2, 0.25) is 0 Å². The molecule has 0 aliphatic rings. The van der Waals surface area contributed by atoms with E-state index in [9.17, 15) is 23.1 Å². The molecule has 0 fully saturated rings. The van der Waals surface area contributed by atoms with E-state index in [-0.39, 0.29) is 16.2 Å². The van der Waals surface area contributed by atoms with Crippen LogP contribution in [0.15, 0.2) is 73.2 Å². The molecule has 1 N–H and O–H groups in total. The molecule has 3 aromatic heterocycles. The van der Waals surface area contributed by atoms with Gasteiger partial charge >= 0.3 is 12.1 Å². The topological polar surface area (TPSA) is 77.2 Å². The lowest BCUT2D eigenvalue weighted by Gasteiger charge is -2.19. The standard InChI is InChI=1S/C26H17ClF3N3O3S/c1-14(17-4-2-3-5-18(17)26(28,29)30)36-21-12-23(37-24(21)25(34)35)33-13-32-19-10-15(6-7-20(19)33)16-8-9-31-22(27)11-16/h2-14H,1H3,(H,34,35)/t14-/m1/s1. The van der Waals surface area contributed by atoms with Gasteiger partial charge in [0.1, 0.15) is 28.3 Å². The number of carbonyl (C=O) groups is 1. The number of hydrogen-bond acceptors (Lipinski definition) is 5. The summed E-state index contributed by atoms with van der Waals surface area (Å²) in [4.78, 5) is 20.2. The average molecular weight is 544 g/mol. The number of benzene rings is 2. The zero-order chi connectivity index (χ0) is 26.3. The highest BCUT2D eigenvalue weighted by Crippen LogP contribution is 2.39. The third-order valence-electron chi connectivity index (χ3n) is 5.73. The van der Waals surface area contributed by atoms with E-state index in [0.29, 0.717) is 21.2 Å². The maximum atomic E-state index is 13.5. The summed E-state index contributed by atoms with van der Waals surface area (Å²) in [6, 6.07) is 15.7. The van der Waals surface area contributed by atoms with Gasteiger partial charge in [-0.3, -0.25) is 4.57 Å². The molecule has 6 nitrogen and oxygen atoms in total. The second-order valence-electron chi connectivity index (χ2n) is 8.11. The molecule has 3 heterocycles. The van der Waals surface area contributed by atoms with Crippen LogP contribution in [0, 0.1) is 0 Å². The fourth-order valence-electron chi connectivity index (χ4n) is 4.03. The van der Waals surface area contributed by atoms with Gasteiger partial charge in [0.25, 0.3) is 0 Å². The summed E-state index contributed by atoms with van der Waals surface area (Å²) in [5.41, 5.74) is 2.19. The third-order valence-corrected chi connectivity index (χ3v) is 7.04. The van der Waals surface area contributed by atoms with E-state index in [1.54, 1.807) is 23.2 Å². The Hall–Kier alpha value is -3.89. The number of alkyl halides is 3. The van der Waals surface area contributed by atoms with Crippen molar-refractivity contribution >= 4 is 39.9 Å². The lowest BCUT2D eigenvalue weighted by molar-refractivity contribution is -0.139. The van der Waals surface area contributed by atoms with E-state index in [2.05, 4.69) is 9.97 Å². The summed E-state index contributed by atoms with van der Waals surface area (Å²) >= 11 is 6.94. The van der Waals surface area contributed by atoms with Crippen LogP contribution in [0.4, 0.5) is 13.2 Å². The van der Waals surface area contributed by atoms with Crippen LogP contribution in [-0.2, 0) is 6.18 Å². The van der Waals surface area contributed by atoms with Crippen molar-refractivity contribution in [3.8, 4) is 21.9 Å². The first-order valence-electron chi connectivity index (χ1n) is 10.9. The highest BCUT2D eigenvalue weighted by atomic mass is 35.5. The van der Waals surface area contributed by atoms with Gasteiger partial charge in [-0.05, 0) is 48.4 Å². The highest BCUT2D eigenvalue weighted by Gasteiger charge is 2.35. The fraction of sp³-hybridized carbons (Fsp3) is 0.115. The molecule has 1 atom stereocenters. The minimum atomic E-state index is -4.57. The molecule has 0 saturated carbocycles. The van der Waals surface area contributed by atoms with Crippen molar-refractivity contribution in [1.29, 1.82) is 0 Å². The van der Waals surface area contributed by atoms with Crippen molar-refractivity contribution in [1.82, 2.24) is 14.5 Å². The smallest absolute Gasteiger partial charge is 0.416 e. The molecular formula is C26H17ClF3N3O3S. The van der Waals surface area contributed by atoms with Crippen molar-refractivity contribution in [2.75, 3.05) is 0 Å². The number of rotatable bonds is 6. The van der Waals surface area contributed by atoms with Crippen LogP contribution in [-0.4, -0.2) is 25.6 Å². The molecule has 188 valence electrons. The second kappa shape index (κ2) is 9.53. The van der Waals surface area contributed by atoms with Crippen molar-refractivity contribution < 1.29 is 27.8 Å². The van der Waals surface area contributed by atoms with Gasteiger partial charge in [-0.1, -0.05) is 35.9 Å². The number of thiophene rings is 1. The van der Waals surface area contributed by atoms with E-state index in [1.807, 2.05) is 24.3 Å². The molecule has 0 saturated heterocycles. The number of aromatic carboxylic acids is 1. The first-order valence-corrected chi connectivity index (χ1v) is 12.1. The normalized spacial score (nSPS) is 12.6. The number of carboxylic acid groups (broad SMARTS) is 1. The number of imidazole rings is 1. The number of aromatic nitrogens is 3. The van der Waals surface area contributed by atoms with Gasteiger partial charge in [-0.25, -0.2) is 14.8 Å². The van der Waals surface area contributed by atoms with E-state index in [0.717, 1.165) is 28.5 Å². The lowest BCUT2D eigenvalue weighted by atomic mass is 10.0. The summed E-state index contributed by atoms with van der Waals surface area (Å²) in [6.45, 7) is 1.45. The second-order valence-corrected chi connectivity index (χ2v) is 9.53. The molecule has 0 spiro atoms. The van der Waals surface area contributed by atoms with E-state index in [1.165, 1.54) is 31.2 Å². The number of fused-ring (bicyclic) bond motifs is 1. The van der Waals surface area contributed by atoms with Crippen molar-refractivity contribution in [2.24, 2.45) is 0 Å². The molecule has 5 aromatic rings. The van der Waals surface area contributed by atoms with Gasteiger partial charge in [-0.15, -0.1) is 11.3 Å². The Kier molecular flexibility index (Phi) is 6.38. The minimum Gasteiger partial charge on any atom is -0.484 e. The molecule has 0 bridgehead atoms. The predicted molar refractivity (Wildman–Crippen MR) is 135 cm³/mol. The maximum Gasteiger partial charge on any atom is 0.416 e. The quantitative estimate of drug-likeness (QED) is 0.222. The first kappa shape index (κ1) is 24.8. The van der Waals surface area contributed by atoms with E-state index < -0.39 is 23.8 Å². The third kappa shape index (κ3) is 4.90. The van der Waals surface area contributed by atoms with Gasteiger partial charge in [0, 0.05) is 17.8 Å². The fourth-order valence-corrected chi connectivity index (χ4v) is 5.12. The summed E-state index contributed by atoms with van der Waals surface area (Å²) < 4.78 is 47.9. The Morgan fingerprint density at radius 1 is 1.08 bits per heavy atom. The van der Waals surface area contributed by atoms with Crippen LogP contribution in [0.3, 0.4) is 0 Å². The Morgan fingerprint density at radius 3 is 2.57 bits per heavy atom. The Morgan fingerprint density at radius 2 is 1.84 bits per heavy atom. The predicted octanol–water partition coefficient (Wildman–Crippen LogP) is 7.66. The Balaban J connectivity index is 1.50. The summed E-state index contributed by atoms with van der Waals surface area (Å²) in [5.74, 6) is -1.27. The molecule has 37 heavy (non-hydrogen) atoms. The number of ether oxygens (including phenoxy) is 1. The number of halogens is 4. The zero-order valence-corrected chi connectivity index (χ0v) is 20.6. The van der Waals surface area contributed by atoms with Gasteiger partial charge < -0.3 is 9.84 Å². The number of carboxylic acids is 1. The summed E-state index contributed by atoms with van der Waals surface area (Å²) in [6.07, 6.45) is -2.46. The van der Waals surface area contributed by atoms with E-state index in [4.69, 9.17) is 16.3 Å². The molecular weight excluding hydrogens is 527 g/mol. The number of nitrogens with zero attached hydrogens (tertiary/aromatic N) is 3. The molecule has 0 unspecified atom stereocenters. The Bertz CT molecular complexity index is 1630. The van der Waals surface area contributed by atoms with Gasteiger partial charge in [-0.2, -0.15) is 13.2 Å². The van der Waals surface area contributed by atoms with Crippen LogP contribution in [0.2, 0.25) is 5.15 Å². The van der Waals surface area contributed by atoms with E-state index >= 15 is 0 Å². The summed E-state index contributed by atoms with van der Waals surface area (Å²) in [7, 11) is 0. The van der Waals surface area contributed by atoms with Crippen LogP contribution in [0.1, 0.15) is 33.8 Å². The van der Waals surface area contributed by atoms with Crippen LogP contribution >= 0.6 is 22.9 Å². The summed E-state index contributed by atoms with van der Waals surface area (Å²) in [5, 5.41) is 10.6. The van der Waals surface area contributed by atoms with Crippen molar-refractivity contribution in [3.05, 3.63) is 94.3 Å². The minimum absolute atomic E-state index is 0.0260. The monoisotopic (exact) mass is 543 g/mol. The van der Waals surface area contributed by atoms with Crippen molar-refractivity contribution in [2.45, 2.75) is 19.2 Å². The van der Waals surface area contributed by atoms with Gasteiger partial charge in [0.15, 0.2) is 4.88 Å². The van der Waals surface area contributed by atoms with Gasteiger partial charge in [0.05, 0.1) is 16.6 Å². The van der Waals surface area contributed by atoms with Crippen molar-refractivity contribution in [3.63, 3.8) is 0 Å². The zero-order valence-electron chi connectivity index (χ0n) is 19.0. The maximum absolute atomic E-state index is 13.5. The highest BCUT2D eigenvalue weighted by molar-refractivity contribution is 7.16. The Labute approximate surface area is 217 Å². The lowest BCUT2D eigenvalue weighted by Crippen LogP contribution is -2.14.